The van der Waals surface area contributed by atoms with Gasteiger partial charge in [-0.2, -0.15) is 0 Å². The molecule has 0 N–H and O–H groups in total. The first-order valence-electron chi connectivity index (χ1n) is 8.98. The summed E-state index contributed by atoms with van der Waals surface area (Å²) < 4.78 is 2.23. The molecule has 0 spiro atoms. The molecule has 2 heterocycles. The lowest BCUT2D eigenvalue weighted by molar-refractivity contribution is -0.122. The average molecular weight is 368 g/mol. The monoisotopic (exact) mass is 367 g/mol. The van der Waals surface area contributed by atoms with Crippen molar-refractivity contribution in [1.29, 1.82) is 0 Å². The van der Waals surface area contributed by atoms with Crippen LogP contribution in [0.25, 0.3) is 11.8 Å². The van der Waals surface area contributed by atoms with Gasteiger partial charge in [0.2, 0.25) is 0 Å². The molecule has 0 saturated carbocycles. The lowest BCUT2D eigenvalue weighted by Gasteiger charge is -2.11. The number of nitrogens with zero attached hydrogens (tertiary/aromatic N) is 3. The van der Waals surface area contributed by atoms with Crippen LogP contribution in [0.3, 0.4) is 0 Å². The Labute approximate surface area is 159 Å². The van der Waals surface area contributed by atoms with Crippen molar-refractivity contribution in [1.82, 2.24) is 9.47 Å². The molecule has 0 bridgehead atoms. The largest absolute Gasteiger partial charge is 0.318 e. The van der Waals surface area contributed by atoms with E-state index in [9.17, 15) is 4.79 Å². The Balaban J connectivity index is 2.00. The van der Waals surface area contributed by atoms with E-state index in [0.29, 0.717) is 13.1 Å². The van der Waals surface area contributed by atoms with E-state index in [-0.39, 0.29) is 5.91 Å². The van der Waals surface area contributed by atoms with E-state index in [2.05, 4.69) is 60.7 Å². The Morgan fingerprint density at radius 2 is 1.81 bits per heavy atom. The van der Waals surface area contributed by atoms with Gasteiger partial charge in [0.15, 0.2) is 5.17 Å². The second-order valence-electron chi connectivity index (χ2n) is 6.41. The summed E-state index contributed by atoms with van der Waals surface area (Å²) in [4.78, 5) is 19.6. The SMILES string of the molecule is CCN=C1S/C(=C\c2cc(C)n(-c3ccc(C)cc3)c2C)C(=O)N1CC. The van der Waals surface area contributed by atoms with Crippen LogP contribution in [0.4, 0.5) is 0 Å². The van der Waals surface area contributed by atoms with Gasteiger partial charge in [-0.05, 0) is 76.2 Å². The predicted molar refractivity (Wildman–Crippen MR) is 111 cm³/mol. The van der Waals surface area contributed by atoms with Gasteiger partial charge in [0, 0.05) is 30.2 Å². The third-order valence-corrected chi connectivity index (χ3v) is 5.59. The van der Waals surface area contributed by atoms with E-state index in [1.54, 1.807) is 4.90 Å². The number of amidine groups is 1. The quantitative estimate of drug-likeness (QED) is 0.734. The third-order valence-electron chi connectivity index (χ3n) is 4.55. The van der Waals surface area contributed by atoms with E-state index in [4.69, 9.17) is 0 Å². The number of hydrogen-bond donors (Lipinski definition) is 0. The van der Waals surface area contributed by atoms with Crippen LogP contribution in [-0.2, 0) is 4.79 Å². The van der Waals surface area contributed by atoms with Crippen LogP contribution in [0.2, 0.25) is 0 Å². The fourth-order valence-corrected chi connectivity index (χ4v) is 4.30. The molecule has 2 aromatic rings. The Kier molecular flexibility index (Phi) is 5.37. The van der Waals surface area contributed by atoms with Gasteiger partial charge >= 0.3 is 0 Å². The van der Waals surface area contributed by atoms with Gasteiger partial charge < -0.3 is 4.57 Å². The van der Waals surface area contributed by atoms with E-state index in [1.807, 2.05) is 19.9 Å². The minimum absolute atomic E-state index is 0.0461. The van der Waals surface area contributed by atoms with E-state index < -0.39 is 0 Å². The predicted octanol–water partition coefficient (Wildman–Crippen LogP) is 4.71. The van der Waals surface area contributed by atoms with Crippen molar-refractivity contribution in [3.63, 3.8) is 0 Å². The molecule has 1 aliphatic heterocycles. The van der Waals surface area contributed by atoms with Crippen LogP contribution in [0, 0.1) is 20.8 Å². The van der Waals surface area contributed by atoms with Crippen molar-refractivity contribution in [3.05, 3.63) is 57.8 Å². The second-order valence-corrected chi connectivity index (χ2v) is 7.42. The molecule has 0 radical (unpaired) electrons. The van der Waals surface area contributed by atoms with Crippen LogP contribution in [0.1, 0.15) is 36.4 Å². The Morgan fingerprint density at radius 3 is 2.42 bits per heavy atom. The van der Waals surface area contributed by atoms with Crippen molar-refractivity contribution >= 4 is 28.9 Å². The maximum Gasteiger partial charge on any atom is 0.266 e. The van der Waals surface area contributed by atoms with E-state index in [0.717, 1.165) is 32.7 Å². The number of carbonyl (C=O) groups excluding carboxylic acids is 1. The number of aromatic nitrogens is 1. The van der Waals surface area contributed by atoms with Crippen LogP contribution < -0.4 is 0 Å². The number of aliphatic imine (C=N–C) groups is 1. The minimum atomic E-state index is 0.0461. The topological polar surface area (TPSA) is 37.6 Å². The van der Waals surface area contributed by atoms with Crippen molar-refractivity contribution in [2.24, 2.45) is 4.99 Å². The minimum Gasteiger partial charge on any atom is -0.318 e. The smallest absolute Gasteiger partial charge is 0.266 e. The van der Waals surface area contributed by atoms with Crippen LogP contribution in [0.5, 0.6) is 0 Å². The average Bonchev–Trinajstić information content (AvgIpc) is 3.06. The molecule has 1 aromatic carbocycles. The van der Waals surface area contributed by atoms with Gasteiger partial charge in [-0.3, -0.25) is 14.7 Å². The highest BCUT2D eigenvalue weighted by Gasteiger charge is 2.32. The first-order chi connectivity index (χ1) is 12.5. The molecule has 1 fully saturated rings. The molecule has 26 heavy (non-hydrogen) atoms. The zero-order chi connectivity index (χ0) is 18.8. The highest BCUT2D eigenvalue weighted by Crippen LogP contribution is 2.33. The summed E-state index contributed by atoms with van der Waals surface area (Å²) in [5, 5.41) is 0.804. The highest BCUT2D eigenvalue weighted by atomic mass is 32.2. The molecule has 1 amide bonds. The first-order valence-corrected chi connectivity index (χ1v) is 9.79. The Bertz CT molecular complexity index is 891. The van der Waals surface area contributed by atoms with Crippen molar-refractivity contribution < 1.29 is 4.79 Å². The summed E-state index contributed by atoms with van der Waals surface area (Å²) in [6, 6.07) is 10.6. The summed E-state index contributed by atoms with van der Waals surface area (Å²) in [6.07, 6.45) is 2.00. The van der Waals surface area contributed by atoms with Gasteiger partial charge in [0.25, 0.3) is 5.91 Å². The fraction of sp³-hybridized carbons (Fsp3) is 0.333. The molecule has 5 heteroatoms. The number of aryl methyl sites for hydroxylation is 2. The van der Waals surface area contributed by atoms with Crippen molar-refractivity contribution in [2.45, 2.75) is 34.6 Å². The van der Waals surface area contributed by atoms with Gasteiger partial charge in [-0.15, -0.1) is 0 Å². The molecule has 3 rings (SSSR count). The normalized spacial score (nSPS) is 17.7. The molecule has 1 aliphatic rings. The molecule has 0 atom stereocenters. The summed E-state index contributed by atoms with van der Waals surface area (Å²) >= 11 is 1.47. The Morgan fingerprint density at radius 1 is 1.12 bits per heavy atom. The molecule has 4 nitrogen and oxygen atoms in total. The number of hydrogen-bond acceptors (Lipinski definition) is 3. The van der Waals surface area contributed by atoms with Crippen LogP contribution >= 0.6 is 11.8 Å². The summed E-state index contributed by atoms with van der Waals surface area (Å²) in [6.45, 7) is 11.6. The van der Waals surface area contributed by atoms with Gasteiger partial charge in [0.05, 0.1) is 4.91 Å². The lowest BCUT2D eigenvalue weighted by Crippen LogP contribution is -2.28. The number of carbonyl (C=O) groups is 1. The first kappa shape index (κ1) is 18.5. The maximum atomic E-state index is 12.7. The standard InChI is InChI=1S/C21H25N3OS/c1-6-22-21-23(7-2)20(25)19(26-21)13-17-12-15(4)24(16(17)5)18-10-8-14(3)9-11-18/h8-13H,6-7H2,1-5H3/b19-13-,22-21?. The van der Waals surface area contributed by atoms with Crippen LogP contribution in [0.15, 0.2) is 40.2 Å². The number of amides is 1. The maximum absolute atomic E-state index is 12.7. The second kappa shape index (κ2) is 7.54. The van der Waals surface area contributed by atoms with Crippen LogP contribution in [-0.4, -0.2) is 33.6 Å². The third kappa shape index (κ3) is 3.36. The summed E-state index contributed by atoms with van der Waals surface area (Å²) in [5.74, 6) is 0.0461. The van der Waals surface area contributed by atoms with E-state index >= 15 is 0 Å². The number of thioether (sulfide) groups is 1. The molecule has 0 aliphatic carbocycles. The zero-order valence-corrected chi connectivity index (χ0v) is 16.9. The molecule has 1 aromatic heterocycles. The number of likely N-dealkylation sites (N-methyl/N-ethyl adjacent to an activating group) is 1. The van der Waals surface area contributed by atoms with Gasteiger partial charge in [-0.1, -0.05) is 17.7 Å². The van der Waals surface area contributed by atoms with Crippen molar-refractivity contribution in [3.8, 4) is 5.69 Å². The fourth-order valence-electron chi connectivity index (χ4n) is 3.21. The molecule has 1 saturated heterocycles. The summed E-state index contributed by atoms with van der Waals surface area (Å²) in [5.41, 5.74) is 5.75. The molecule has 0 unspecified atom stereocenters. The molecule has 136 valence electrons. The number of rotatable bonds is 4. The lowest BCUT2D eigenvalue weighted by atomic mass is 10.2. The zero-order valence-electron chi connectivity index (χ0n) is 16.0. The number of benzene rings is 1. The summed E-state index contributed by atoms with van der Waals surface area (Å²) in [7, 11) is 0. The van der Waals surface area contributed by atoms with Crippen molar-refractivity contribution in [2.75, 3.05) is 13.1 Å². The highest BCUT2D eigenvalue weighted by molar-refractivity contribution is 8.18. The van der Waals surface area contributed by atoms with E-state index in [1.165, 1.54) is 17.3 Å². The van der Waals surface area contributed by atoms with Gasteiger partial charge in [-0.25, -0.2) is 0 Å². The molecular weight excluding hydrogens is 342 g/mol. The molecular formula is C21H25N3OS. The Hall–Kier alpha value is -2.27. The van der Waals surface area contributed by atoms with Gasteiger partial charge in [0.1, 0.15) is 0 Å².